The Labute approximate surface area is 160 Å². The van der Waals surface area contributed by atoms with Crippen LogP contribution in [0.15, 0.2) is 48.0 Å². The number of nitriles is 1. The molecule has 0 fully saturated rings. The van der Waals surface area contributed by atoms with Crippen LogP contribution in [-0.4, -0.2) is 20.1 Å². The fourth-order valence-corrected chi connectivity index (χ4v) is 2.34. The lowest BCUT2D eigenvalue weighted by Crippen LogP contribution is -2.19. The zero-order valence-corrected chi connectivity index (χ0v) is 15.1. The molecule has 0 radical (unpaired) electrons. The Kier molecular flexibility index (Phi) is 6.66. The van der Waals surface area contributed by atoms with E-state index in [0.29, 0.717) is 22.6 Å². The van der Waals surface area contributed by atoms with Gasteiger partial charge in [-0.25, -0.2) is 0 Å². The number of carbonyl (C=O) groups is 1. The van der Waals surface area contributed by atoms with E-state index in [9.17, 15) is 18.0 Å². The lowest BCUT2D eigenvalue weighted by Gasteiger charge is -2.13. The summed E-state index contributed by atoms with van der Waals surface area (Å²) >= 11 is 0. The van der Waals surface area contributed by atoms with Gasteiger partial charge in [-0.2, -0.15) is 18.4 Å². The molecule has 0 aliphatic heterocycles. The van der Waals surface area contributed by atoms with Crippen molar-refractivity contribution in [2.24, 2.45) is 0 Å². The van der Waals surface area contributed by atoms with Gasteiger partial charge >= 0.3 is 6.18 Å². The van der Waals surface area contributed by atoms with Crippen molar-refractivity contribution < 1.29 is 27.4 Å². The van der Waals surface area contributed by atoms with E-state index < -0.39 is 17.6 Å². The number of halogens is 3. The Morgan fingerprint density at radius 1 is 1.21 bits per heavy atom. The second kappa shape index (κ2) is 8.95. The lowest BCUT2D eigenvalue weighted by atomic mass is 10.1. The first-order valence-electron chi connectivity index (χ1n) is 8.09. The first-order valence-corrected chi connectivity index (χ1v) is 8.09. The molecule has 2 aromatic rings. The Bertz CT molecular complexity index is 931. The fraction of sp³-hybridized carbons (Fsp3) is 0.200. The zero-order valence-electron chi connectivity index (χ0n) is 15.1. The maximum absolute atomic E-state index is 12.8. The predicted molar refractivity (Wildman–Crippen MR) is 96.4 cm³/mol. The number of hydrogen-bond donors (Lipinski definition) is 1. The van der Waals surface area contributed by atoms with Gasteiger partial charge in [-0.1, -0.05) is 18.2 Å². The van der Waals surface area contributed by atoms with Crippen molar-refractivity contribution in [3.63, 3.8) is 0 Å². The highest BCUT2D eigenvalue weighted by molar-refractivity contribution is 6.01. The highest BCUT2D eigenvalue weighted by Crippen LogP contribution is 2.32. The second-order valence-corrected chi connectivity index (χ2v) is 5.65. The van der Waals surface area contributed by atoms with E-state index in [1.165, 1.54) is 32.4 Å². The summed E-state index contributed by atoms with van der Waals surface area (Å²) in [5.74, 6) is 0.108. The van der Waals surface area contributed by atoms with E-state index in [0.717, 1.165) is 12.1 Å². The molecule has 5 nitrogen and oxygen atoms in total. The van der Waals surface area contributed by atoms with Crippen molar-refractivity contribution in [2.45, 2.75) is 12.8 Å². The number of rotatable bonds is 6. The van der Waals surface area contributed by atoms with E-state index in [-0.39, 0.29) is 12.2 Å². The minimum Gasteiger partial charge on any atom is -0.493 e. The molecule has 0 saturated carbocycles. The number of nitrogens with one attached hydrogen (secondary N) is 1. The highest BCUT2D eigenvalue weighted by atomic mass is 19.4. The van der Waals surface area contributed by atoms with E-state index in [4.69, 9.17) is 14.7 Å². The predicted octanol–water partition coefficient (Wildman–Crippen LogP) is 3.95. The molecule has 0 aromatic heterocycles. The molecule has 1 amide bonds. The number of alkyl halides is 3. The zero-order chi connectivity index (χ0) is 20.7. The van der Waals surface area contributed by atoms with Gasteiger partial charge in [0, 0.05) is 7.05 Å². The molecule has 2 rings (SSSR count). The van der Waals surface area contributed by atoms with Gasteiger partial charge < -0.3 is 14.8 Å². The van der Waals surface area contributed by atoms with Crippen LogP contribution in [0.3, 0.4) is 0 Å². The number of carbonyl (C=O) groups excluding carboxylic acids is 1. The van der Waals surface area contributed by atoms with Gasteiger partial charge in [0.05, 0.1) is 12.7 Å². The van der Waals surface area contributed by atoms with Crippen LogP contribution in [0.4, 0.5) is 13.2 Å². The molecule has 2 aromatic carbocycles. The van der Waals surface area contributed by atoms with Crippen molar-refractivity contribution in [3.8, 4) is 17.6 Å². The summed E-state index contributed by atoms with van der Waals surface area (Å²) in [5.41, 5.74) is 0.0529. The first kappa shape index (κ1) is 20.8. The molecule has 0 saturated heterocycles. The van der Waals surface area contributed by atoms with Crippen LogP contribution in [0.5, 0.6) is 11.5 Å². The van der Waals surface area contributed by atoms with Crippen LogP contribution in [0.25, 0.3) is 6.08 Å². The van der Waals surface area contributed by atoms with Crippen LogP contribution < -0.4 is 14.8 Å². The van der Waals surface area contributed by atoms with E-state index in [1.807, 2.05) is 0 Å². The van der Waals surface area contributed by atoms with E-state index in [1.54, 1.807) is 24.3 Å². The minimum atomic E-state index is -4.43. The third-order valence-corrected chi connectivity index (χ3v) is 3.74. The lowest BCUT2D eigenvalue weighted by molar-refractivity contribution is -0.137. The SMILES string of the molecule is CNC(=O)/C(C#N)=C/c1ccc(OCc2cccc(C(F)(F)F)c2)c(OC)c1. The van der Waals surface area contributed by atoms with Crippen molar-refractivity contribution in [1.82, 2.24) is 5.32 Å². The van der Waals surface area contributed by atoms with Gasteiger partial charge in [0.2, 0.25) is 0 Å². The van der Waals surface area contributed by atoms with Crippen LogP contribution in [0.2, 0.25) is 0 Å². The number of methoxy groups -OCH3 is 1. The van der Waals surface area contributed by atoms with Crippen LogP contribution in [-0.2, 0) is 17.6 Å². The van der Waals surface area contributed by atoms with E-state index >= 15 is 0 Å². The third kappa shape index (κ3) is 5.27. The van der Waals surface area contributed by atoms with Gasteiger partial charge in [0.15, 0.2) is 11.5 Å². The normalized spacial score (nSPS) is 11.5. The summed E-state index contributed by atoms with van der Waals surface area (Å²) < 4.78 is 49.2. The molecule has 0 bridgehead atoms. The topological polar surface area (TPSA) is 71.4 Å². The molecule has 0 unspecified atom stereocenters. The van der Waals surface area contributed by atoms with Crippen molar-refractivity contribution >= 4 is 12.0 Å². The summed E-state index contributed by atoms with van der Waals surface area (Å²) in [6.07, 6.45) is -3.04. The number of amides is 1. The summed E-state index contributed by atoms with van der Waals surface area (Å²) in [6.45, 7) is -0.0862. The molecule has 0 atom stereocenters. The largest absolute Gasteiger partial charge is 0.493 e. The summed E-state index contributed by atoms with van der Waals surface area (Å²) in [4.78, 5) is 11.6. The quantitative estimate of drug-likeness (QED) is 0.599. The molecule has 8 heteroatoms. The molecule has 28 heavy (non-hydrogen) atoms. The van der Waals surface area contributed by atoms with Gasteiger partial charge in [-0.3, -0.25) is 4.79 Å². The van der Waals surface area contributed by atoms with E-state index in [2.05, 4.69) is 5.32 Å². The molecular weight excluding hydrogens is 373 g/mol. The Morgan fingerprint density at radius 2 is 1.96 bits per heavy atom. The van der Waals surface area contributed by atoms with Crippen molar-refractivity contribution in [1.29, 1.82) is 5.26 Å². The Hall–Kier alpha value is -3.47. The minimum absolute atomic E-state index is 0.0813. The molecule has 0 heterocycles. The van der Waals surface area contributed by atoms with Crippen molar-refractivity contribution in [2.75, 3.05) is 14.2 Å². The molecular formula is C20H17F3N2O3. The summed E-state index contributed by atoms with van der Waals surface area (Å²) in [6, 6.07) is 11.4. The third-order valence-electron chi connectivity index (χ3n) is 3.74. The van der Waals surface area contributed by atoms with Gasteiger partial charge in [-0.05, 0) is 41.5 Å². The summed E-state index contributed by atoms with van der Waals surface area (Å²) in [7, 11) is 2.82. The molecule has 0 aliphatic rings. The fourth-order valence-electron chi connectivity index (χ4n) is 2.34. The first-order chi connectivity index (χ1) is 13.3. The Morgan fingerprint density at radius 3 is 2.57 bits per heavy atom. The Balaban J connectivity index is 2.21. The molecule has 1 N–H and O–H groups in total. The number of benzene rings is 2. The number of likely N-dealkylation sites (N-methyl/N-ethyl adjacent to an activating group) is 1. The summed E-state index contributed by atoms with van der Waals surface area (Å²) in [5, 5.41) is 11.4. The van der Waals surface area contributed by atoms with Crippen LogP contribution in [0.1, 0.15) is 16.7 Å². The monoisotopic (exact) mass is 390 g/mol. The van der Waals surface area contributed by atoms with Gasteiger partial charge in [0.1, 0.15) is 18.2 Å². The number of nitrogens with zero attached hydrogens (tertiary/aromatic N) is 1. The van der Waals surface area contributed by atoms with Crippen LogP contribution >= 0.6 is 0 Å². The molecule has 146 valence electrons. The standard InChI is InChI=1S/C20H17F3N2O3/c1-25-19(26)15(11-24)8-13-6-7-17(18(10-13)27-2)28-12-14-4-3-5-16(9-14)20(21,22)23/h3-10H,12H2,1-2H3,(H,25,26)/b15-8+. The highest BCUT2D eigenvalue weighted by Gasteiger charge is 2.30. The smallest absolute Gasteiger partial charge is 0.416 e. The maximum Gasteiger partial charge on any atom is 0.416 e. The number of hydrogen-bond acceptors (Lipinski definition) is 4. The van der Waals surface area contributed by atoms with Crippen molar-refractivity contribution in [3.05, 3.63) is 64.7 Å². The average Bonchev–Trinajstić information content (AvgIpc) is 2.69. The van der Waals surface area contributed by atoms with Crippen LogP contribution in [0, 0.1) is 11.3 Å². The van der Waals surface area contributed by atoms with Gasteiger partial charge in [-0.15, -0.1) is 0 Å². The second-order valence-electron chi connectivity index (χ2n) is 5.65. The number of ether oxygens (including phenoxy) is 2. The average molecular weight is 390 g/mol. The maximum atomic E-state index is 12.8. The molecule has 0 spiro atoms. The van der Waals surface area contributed by atoms with Gasteiger partial charge in [0.25, 0.3) is 5.91 Å². The molecule has 0 aliphatic carbocycles.